The molecule has 1 N–H and O–H groups in total. The Morgan fingerprint density at radius 1 is 1.80 bits per heavy atom. The van der Waals surface area contributed by atoms with E-state index in [1.54, 1.807) is 0 Å². The van der Waals surface area contributed by atoms with E-state index in [0.717, 1.165) is 6.42 Å². The molecule has 1 aliphatic rings. The van der Waals surface area contributed by atoms with Gasteiger partial charge in [-0.2, -0.15) is 0 Å². The first kappa shape index (κ1) is 8.20. The molecule has 0 aromatic carbocycles. The van der Waals surface area contributed by atoms with E-state index in [2.05, 4.69) is 3.53 Å². The third-order valence-corrected chi connectivity index (χ3v) is 2.89. The summed E-state index contributed by atoms with van der Waals surface area (Å²) in [6.45, 7) is 1.90. The highest BCUT2D eigenvalue weighted by Gasteiger charge is 2.29. The summed E-state index contributed by atoms with van der Waals surface area (Å²) in [6, 6.07) is 0. The molecule has 0 aromatic rings. The fourth-order valence-electron chi connectivity index (χ4n) is 0.970. The molecule has 0 spiro atoms. The average molecular weight is 251 g/mol. The molecule has 56 valence electrons. The fraction of sp³-hybridized carbons (Fsp3) is 0.571. The standard InChI is InChI=1S/C7H10INO/c1-7(9-8)5-3-2-4-6(7)10/h3,5,9H,2,4H2,1H3. The molecule has 0 saturated heterocycles. The molecule has 0 aliphatic heterocycles. The van der Waals surface area contributed by atoms with Crippen molar-refractivity contribution in [3.05, 3.63) is 12.2 Å². The molecule has 1 atom stereocenters. The fourth-order valence-corrected chi connectivity index (χ4v) is 1.45. The molecule has 0 amide bonds. The van der Waals surface area contributed by atoms with Crippen molar-refractivity contribution in [2.75, 3.05) is 0 Å². The summed E-state index contributed by atoms with van der Waals surface area (Å²) in [6.07, 6.45) is 5.55. The van der Waals surface area contributed by atoms with E-state index in [4.69, 9.17) is 0 Å². The molecule has 0 saturated carbocycles. The second-order valence-electron chi connectivity index (χ2n) is 2.66. The maximum absolute atomic E-state index is 11.2. The summed E-state index contributed by atoms with van der Waals surface area (Å²) in [7, 11) is 0. The van der Waals surface area contributed by atoms with Crippen molar-refractivity contribution in [3.63, 3.8) is 0 Å². The van der Waals surface area contributed by atoms with Crippen LogP contribution >= 0.6 is 22.9 Å². The Kier molecular flexibility index (Phi) is 2.46. The molecule has 1 aliphatic carbocycles. The Bertz CT molecular complexity index is 178. The molecule has 0 aromatic heterocycles. The first-order chi connectivity index (χ1) is 4.69. The van der Waals surface area contributed by atoms with E-state index in [-0.39, 0.29) is 5.78 Å². The van der Waals surface area contributed by atoms with Crippen LogP contribution in [0, 0.1) is 0 Å². The normalized spacial score (nSPS) is 32.8. The van der Waals surface area contributed by atoms with Gasteiger partial charge in [-0.15, -0.1) is 0 Å². The van der Waals surface area contributed by atoms with Gasteiger partial charge in [0.15, 0.2) is 5.78 Å². The number of halogens is 1. The lowest BCUT2D eigenvalue weighted by Gasteiger charge is -2.25. The lowest BCUT2D eigenvalue weighted by Crippen LogP contribution is -2.43. The number of rotatable bonds is 1. The van der Waals surface area contributed by atoms with E-state index < -0.39 is 5.54 Å². The van der Waals surface area contributed by atoms with Gasteiger partial charge in [-0.1, -0.05) is 12.2 Å². The van der Waals surface area contributed by atoms with Crippen LogP contribution in [-0.2, 0) is 4.79 Å². The first-order valence-corrected chi connectivity index (χ1v) is 4.36. The molecule has 1 rings (SSSR count). The summed E-state index contributed by atoms with van der Waals surface area (Å²) >= 11 is 2.02. The molecule has 0 fully saturated rings. The molecule has 3 heteroatoms. The Labute approximate surface area is 74.6 Å². The van der Waals surface area contributed by atoms with Crippen molar-refractivity contribution < 1.29 is 4.79 Å². The van der Waals surface area contributed by atoms with Crippen LogP contribution in [0.25, 0.3) is 0 Å². The molecular formula is C7H10INO. The number of carbonyl (C=O) groups is 1. The SMILES string of the molecule is CC1(NI)C=CCCC1=O. The third-order valence-electron chi connectivity index (χ3n) is 1.76. The predicted molar refractivity (Wildman–Crippen MR) is 48.9 cm³/mol. The van der Waals surface area contributed by atoms with Crippen molar-refractivity contribution >= 4 is 28.6 Å². The minimum absolute atomic E-state index is 0.282. The highest BCUT2D eigenvalue weighted by atomic mass is 127. The van der Waals surface area contributed by atoms with Crippen LogP contribution in [0.4, 0.5) is 0 Å². The second kappa shape index (κ2) is 3.00. The molecule has 10 heavy (non-hydrogen) atoms. The van der Waals surface area contributed by atoms with E-state index in [1.807, 2.05) is 41.9 Å². The Morgan fingerprint density at radius 3 is 2.90 bits per heavy atom. The van der Waals surface area contributed by atoms with Gasteiger partial charge in [-0.05, 0) is 13.3 Å². The topological polar surface area (TPSA) is 29.1 Å². The monoisotopic (exact) mass is 251 g/mol. The Morgan fingerprint density at radius 2 is 2.50 bits per heavy atom. The zero-order valence-electron chi connectivity index (χ0n) is 5.86. The summed E-state index contributed by atoms with van der Waals surface area (Å²) in [5.41, 5.74) is -0.404. The molecule has 0 heterocycles. The Balaban J connectivity index is 2.81. The zero-order valence-corrected chi connectivity index (χ0v) is 8.01. The molecule has 2 nitrogen and oxygen atoms in total. The van der Waals surface area contributed by atoms with Gasteiger partial charge in [0.05, 0.1) is 0 Å². The van der Waals surface area contributed by atoms with Gasteiger partial charge in [-0.25, -0.2) is 3.53 Å². The van der Waals surface area contributed by atoms with E-state index in [1.165, 1.54) is 0 Å². The van der Waals surface area contributed by atoms with Gasteiger partial charge in [-0.3, -0.25) is 4.79 Å². The smallest absolute Gasteiger partial charge is 0.157 e. The van der Waals surface area contributed by atoms with Crippen molar-refractivity contribution in [3.8, 4) is 0 Å². The molecule has 1 unspecified atom stereocenters. The van der Waals surface area contributed by atoms with Crippen LogP contribution in [0.3, 0.4) is 0 Å². The number of allylic oxidation sites excluding steroid dienone is 1. The van der Waals surface area contributed by atoms with Crippen molar-refractivity contribution in [2.45, 2.75) is 25.3 Å². The number of hydrogen-bond donors (Lipinski definition) is 1. The van der Waals surface area contributed by atoms with E-state index in [9.17, 15) is 4.79 Å². The maximum Gasteiger partial charge on any atom is 0.157 e. The molecule has 0 radical (unpaired) electrons. The highest BCUT2D eigenvalue weighted by Crippen LogP contribution is 2.18. The zero-order chi connectivity index (χ0) is 7.61. The second-order valence-corrected chi connectivity index (χ2v) is 3.20. The number of hydrogen-bond acceptors (Lipinski definition) is 2. The third kappa shape index (κ3) is 1.40. The first-order valence-electron chi connectivity index (χ1n) is 3.28. The van der Waals surface area contributed by atoms with Gasteiger partial charge >= 0.3 is 0 Å². The van der Waals surface area contributed by atoms with Crippen molar-refractivity contribution in [2.24, 2.45) is 0 Å². The lowest BCUT2D eigenvalue weighted by atomic mass is 9.89. The average Bonchev–Trinajstić information content (AvgIpc) is 1.96. The van der Waals surface area contributed by atoms with Crippen LogP contribution < -0.4 is 3.53 Å². The van der Waals surface area contributed by atoms with Gasteiger partial charge in [0.2, 0.25) is 0 Å². The molecule has 0 bridgehead atoms. The highest BCUT2D eigenvalue weighted by molar-refractivity contribution is 14.1. The van der Waals surface area contributed by atoms with E-state index in [0.29, 0.717) is 6.42 Å². The summed E-state index contributed by atoms with van der Waals surface area (Å²) in [4.78, 5) is 11.2. The minimum atomic E-state index is -0.404. The summed E-state index contributed by atoms with van der Waals surface area (Å²) < 4.78 is 2.96. The van der Waals surface area contributed by atoms with Crippen molar-refractivity contribution in [1.82, 2.24) is 3.53 Å². The summed E-state index contributed by atoms with van der Waals surface area (Å²) in [5, 5.41) is 0. The van der Waals surface area contributed by atoms with Crippen molar-refractivity contribution in [1.29, 1.82) is 0 Å². The van der Waals surface area contributed by atoms with Crippen LogP contribution in [0.1, 0.15) is 19.8 Å². The molecular weight excluding hydrogens is 241 g/mol. The lowest BCUT2D eigenvalue weighted by molar-refractivity contribution is -0.122. The van der Waals surface area contributed by atoms with Gasteiger partial charge < -0.3 is 0 Å². The Hall–Kier alpha value is 0.1000. The van der Waals surface area contributed by atoms with Gasteiger partial charge in [0, 0.05) is 29.3 Å². The van der Waals surface area contributed by atoms with Gasteiger partial charge in [0.25, 0.3) is 0 Å². The van der Waals surface area contributed by atoms with Crippen LogP contribution in [0.2, 0.25) is 0 Å². The van der Waals surface area contributed by atoms with E-state index >= 15 is 0 Å². The number of Topliss-reactive ketones (excluding diaryl/α,β-unsaturated/α-hetero) is 1. The van der Waals surface area contributed by atoms with Gasteiger partial charge in [0.1, 0.15) is 5.54 Å². The number of ketones is 1. The van der Waals surface area contributed by atoms with Crippen LogP contribution in [-0.4, -0.2) is 11.3 Å². The quantitative estimate of drug-likeness (QED) is 0.435. The largest absolute Gasteiger partial charge is 0.297 e. The predicted octanol–water partition coefficient (Wildman–Crippen LogP) is 1.60. The maximum atomic E-state index is 11.2. The van der Waals surface area contributed by atoms with Crippen LogP contribution in [0.15, 0.2) is 12.2 Å². The number of nitrogens with one attached hydrogen (secondary N) is 1. The van der Waals surface area contributed by atoms with Crippen LogP contribution in [0.5, 0.6) is 0 Å². The summed E-state index contributed by atoms with van der Waals surface area (Å²) in [5.74, 6) is 0.282. The minimum Gasteiger partial charge on any atom is -0.297 e. The number of carbonyl (C=O) groups excluding carboxylic acids is 1.